The first-order valence-electron chi connectivity index (χ1n) is 11.5. The van der Waals surface area contributed by atoms with Crippen LogP contribution in [0.3, 0.4) is 0 Å². The van der Waals surface area contributed by atoms with E-state index in [2.05, 4.69) is 16.7 Å². The van der Waals surface area contributed by atoms with E-state index in [9.17, 15) is 4.79 Å². The number of halogens is 1. The second kappa shape index (κ2) is 10.4. The third kappa shape index (κ3) is 5.13. The number of nitrogens with two attached hydrogens (primary N) is 2. The molecule has 0 saturated carbocycles. The van der Waals surface area contributed by atoms with Gasteiger partial charge < -0.3 is 11.6 Å². The van der Waals surface area contributed by atoms with Crippen LogP contribution in [0.4, 0.5) is 5.82 Å². The minimum Gasteiger partial charge on any atom is -0.383 e. The summed E-state index contributed by atoms with van der Waals surface area (Å²) in [5, 5.41) is 4.39. The van der Waals surface area contributed by atoms with Crippen molar-refractivity contribution in [2.24, 2.45) is 10.9 Å². The molecule has 1 aromatic heterocycles. The van der Waals surface area contributed by atoms with Gasteiger partial charge in [-0.15, -0.1) is 0 Å². The van der Waals surface area contributed by atoms with Crippen molar-refractivity contribution in [2.75, 3.05) is 5.73 Å². The summed E-state index contributed by atoms with van der Waals surface area (Å²) < 4.78 is 0. The molecule has 6 nitrogen and oxygen atoms in total. The van der Waals surface area contributed by atoms with Crippen molar-refractivity contribution in [2.45, 2.75) is 52.9 Å². The molecule has 0 bridgehead atoms. The molecular weight excluding hydrogens is 458 g/mol. The lowest BCUT2D eigenvalue weighted by Crippen LogP contribution is -2.36. The van der Waals surface area contributed by atoms with Gasteiger partial charge in [0, 0.05) is 40.4 Å². The van der Waals surface area contributed by atoms with Gasteiger partial charge >= 0.3 is 0 Å². The quantitative estimate of drug-likeness (QED) is 0.245. The van der Waals surface area contributed by atoms with Crippen LogP contribution < -0.4 is 11.6 Å². The van der Waals surface area contributed by atoms with Gasteiger partial charge in [-0.2, -0.15) is 5.10 Å². The van der Waals surface area contributed by atoms with Crippen LogP contribution in [-0.4, -0.2) is 21.5 Å². The van der Waals surface area contributed by atoms with Crippen LogP contribution in [0.5, 0.6) is 0 Å². The lowest BCUT2D eigenvalue weighted by atomic mass is 9.71. The maximum Gasteiger partial charge on any atom is 0.161 e. The van der Waals surface area contributed by atoms with Crippen molar-refractivity contribution < 1.29 is 4.79 Å². The van der Waals surface area contributed by atoms with Gasteiger partial charge in [-0.1, -0.05) is 55.4 Å². The first-order chi connectivity index (χ1) is 16.5. The molecule has 1 atom stereocenters. The molecule has 0 spiro atoms. The van der Waals surface area contributed by atoms with E-state index in [4.69, 9.17) is 28.2 Å². The smallest absolute Gasteiger partial charge is 0.161 e. The van der Waals surface area contributed by atoms with Crippen LogP contribution in [0.25, 0.3) is 5.57 Å². The standard InChI is InChI=1S/C28H32ClN5O/c1-7-24(35)28(6,21-10-8-20(9-11-21)15-17(3)34-31)25-19(5)32-27(33-26(25)30)18(4)23-13-12-22(29)14-16(23)2/h8-14H,4,7,15,31H2,1-3,5-6H3,(H2,30,32,33)/b34-17+. The zero-order chi connectivity index (χ0) is 25.9. The minimum atomic E-state index is -1.01. The molecule has 35 heavy (non-hydrogen) atoms. The number of ketones is 1. The maximum absolute atomic E-state index is 13.4. The molecule has 0 aliphatic carbocycles. The molecule has 0 aliphatic heterocycles. The molecule has 0 amide bonds. The van der Waals surface area contributed by atoms with Gasteiger partial charge in [0.05, 0.1) is 5.41 Å². The molecule has 0 radical (unpaired) electrons. The van der Waals surface area contributed by atoms with E-state index in [1.165, 1.54) is 0 Å². The number of Topliss-reactive ketones (excluding diaryl/α,β-unsaturated/α-hetero) is 1. The number of hydrogen-bond donors (Lipinski definition) is 2. The Bertz CT molecular complexity index is 1290. The zero-order valence-electron chi connectivity index (χ0n) is 20.9. The van der Waals surface area contributed by atoms with E-state index in [0.717, 1.165) is 28.0 Å². The van der Waals surface area contributed by atoms with E-state index < -0.39 is 5.41 Å². The van der Waals surface area contributed by atoms with Crippen LogP contribution in [0.1, 0.15) is 66.5 Å². The van der Waals surface area contributed by atoms with Gasteiger partial charge in [0.2, 0.25) is 0 Å². The third-order valence-corrected chi connectivity index (χ3v) is 6.73. The summed E-state index contributed by atoms with van der Waals surface area (Å²) in [5.41, 5.74) is 12.0. The Morgan fingerprint density at radius 3 is 2.34 bits per heavy atom. The van der Waals surface area contributed by atoms with Gasteiger partial charge in [-0.05, 0) is 62.1 Å². The average Bonchev–Trinajstić information content (AvgIpc) is 2.82. The Kier molecular flexibility index (Phi) is 7.76. The summed E-state index contributed by atoms with van der Waals surface area (Å²) in [6.45, 7) is 13.6. The second-order valence-corrected chi connectivity index (χ2v) is 9.41. The maximum atomic E-state index is 13.4. The molecule has 0 fully saturated rings. The van der Waals surface area contributed by atoms with Crippen LogP contribution in [0.2, 0.25) is 5.02 Å². The fraction of sp³-hybridized carbons (Fsp3) is 0.286. The summed E-state index contributed by atoms with van der Waals surface area (Å²) in [4.78, 5) is 22.7. The summed E-state index contributed by atoms with van der Waals surface area (Å²) >= 11 is 6.11. The summed E-state index contributed by atoms with van der Waals surface area (Å²) in [6.07, 6.45) is 0.981. The van der Waals surface area contributed by atoms with Crippen LogP contribution in [0, 0.1) is 13.8 Å². The fourth-order valence-corrected chi connectivity index (χ4v) is 4.76. The van der Waals surface area contributed by atoms with Crippen molar-refractivity contribution in [3.8, 4) is 0 Å². The Morgan fingerprint density at radius 2 is 1.80 bits per heavy atom. The fourth-order valence-electron chi connectivity index (χ4n) is 4.53. The molecule has 7 heteroatoms. The lowest BCUT2D eigenvalue weighted by Gasteiger charge is -2.31. The number of nitrogens with zero attached hydrogens (tertiary/aromatic N) is 3. The van der Waals surface area contributed by atoms with Crippen LogP contribution in [0.15, 0.2) is 54.1 Å². The van der Waals surface area contributed by atoms with Gasteiger partial charge in [0.15, 0.2) is 5.82 Å². The molecule has 3 aromatic rings. The van der Waals surface area contributed by atoms with Crippen LogP contribution in [-0.2, 0) is 16.6 Å². The predicted molar refractivity (Wildman–Crippen MR) is 145 cm³/mol. The van der Waals surface area contributed by atoms with E-state index in [1.54, 1.807) is 6.07 Å². The van der Waals surface area contributed by atoms with Crippen molar-refractivity contribution in [1.82, 2.24) is 9.97 Å². The highest BCUT2D eigenvalue weighted by atomic mass is 35.5. The Labute approximate surface area is 212 Å². The summed E-state index contributed by atoms with van der Waals surface area (Å²) in [6, 6.07) is 13.4. The first kappa shape index (κ1) is 26.1. The molecule has 1 unspecified atom stereocenters. The number of aryl methyl sites for hydroxylation is 2. The van der Waals surface area contributed by atoms with E-state index >= 15 is 0 Å². The lowest BCUT2D eigenvalue weighted by molar-refractivity contribution is -0.122. The van der Waals surface area contributed by atoms with E-state index in [0.29, 0.717) is 40.5 Å². The Morgan fingerprint density at radius 1 is 1.14 bits per heavy atom. The third-order valence-electron chi connectivity index (χ3n) is 6.49. The SMILES string of the molecule is C=C(c1nc(C)c(C(C)(C(=O)CC)c2ccc(C/C(C)=N/N)cc2)c(N)n1)c1ccc(Cl)cc1C. The predicted octanol–water partition coefficient (Wildman–Crippen LogP) is 5.55. The Balaban J connectivity index is 2.10. The van der Waals surface area contributed by atoms with E-state index in [-0.39, 0.29) is 11.6 Å². The molecule has 3 rings (SSSR count). The summed E-state index contributed by atoms with van der Waals surface area (Å²) in [7, 11) is 0. The number of hydrazone groups is 1. The number of benzene rings is 2. The molecule has 2 aromatic carbocycles. The van der Waals surface area contributed by atoms with Crippen molar-refractivity contribution in [3.05, 3.63) is 93.4 Å². The number of carbonyl (C=O) groups is 1. The molecule has 182 valence electrons. The molecule has 1 heterocycles. The second-order valence-electron chi connectivity index (χ2n) is 8.97. The molecular formula is C28H32ClN5O. The number of rotatable bonds is 8. The number of nitrogen functional groups attached to an aromatic ring is 1. The molecule has 4 N–H and O–H groups in total. The van der Waals surface area contributed by atoms with Crippen LogP contribution >= 0.6 is 11.6 Å². The van der Waals surface area contributed by atoms with Crippen molar-refractivity contribution in [1.29, 1.82) is 0 Å². The minimum absolute atomic E-state index is 0.0310. The van der Waals surface area contributed by atoms with E-state index in [1.807, 2.05) is 71.0 Å². The highest BCUT2D eigenvalue weighted by Crippen LogP contribution is 2.39. The molecule has 0 aliphatic rings. The highest BCUT2D eigenvalue weighted by molar-refractivity contribution is 6.30. The summed E-state index contributed by atoms with van der Waals surface area (Å²) in [5.74, 6) is 6.09. The number of aromatic nitrogens is 2. The number of carbonyl (C=O) groups excluding carboxylic acids is 1. The van der Waals surface area contributed by atoms with Gasteiger partial charge in [-0.25, -0.2) is 9.97 Å². The van der Waals surface area contributed by atoms with Gasteiger partial charge in [0.1, 0.15) is 11.6 Å². The van der Waals surface area contributed by atoms with Gasteiger partial charge in [0.25, 0.3) is 0 Å². The van der Waals surface area contributed by atoms with Gasteiger partial charge in [-0.3, -0.25) is 4.79 Å². The topological polar surface area (TPSA) is 107 Å². The molecule has 0 saturated heterocycles. The number of hydrogen-bond acceptors (Lipinski definition) is 6. The first-order valence-corrected chi connectivity index (χ1v) is 11.9. The number of anilines is 1. The average molecular weight is 490 g/mol. The Hall–Kier alpha value is -3.51. The normalized spacial score (nSPS) is 13.4. The largest absolute Gasteiger partial charge is 0.383 e. The zero-order valence-corrected chi connectivity index (χ0v) is 21.7. The highest BCUT2D eigenvalue weighted by Gasteiger charge is 2.40. The van der Waals surface area contributed by atoms with Crippen molar-refractivity contribution in [3.63, 3.8) is 0 Å². The van der Waals surface area contributed by atoms with Crippen molar-refractivity contribution >= 4 is 34.5 Å². The monoisotopic (exact) mass is 489 g/mol.